The maximum Gasteiger partial charge on any atom is 0.242 e. The standard InChI is InChI=1S/C14H16BrN3O2S/c1-18(2)21(19,20)13-6-4-3-5-11(13)9-16-14-8-7-12(15)10-17-14/h3-8,10H,9H2,1-2H3,(H,16,17). The summed E-state index contributed by atoms with van der Waals surface area (Å²) in [5.74, 6) is 0.690. The molecule has 1 aromatic carbocycles. The quantitative estimate of drug-likeness (QED) is 0.879. The molecule has 0 radical (unpaired) electrons. The molecule has 2 aromatic rings. The minimum absolute atomic E-state index is 0.305. The third-order valence-corrected chi connectivity index (χ3v) is 5.30. The first-order valence-electron chi connectivity index (χ1n) is 6.27. The molecule has 0 spiro atoms. The highest BCUT2D eigenvalue weighted by atomic mass is 79.9. The highest BCUT2D eigenvalue weighted by Gasteiger charge is 2.20. The Morgan fingerprint density at radius 3 is 2.52 bits per heavy atom. The number of hydrogen-bond donors (Lipinski definition) is 1. The largest absolute Gasteiger partial charge is 0.366 e. The zero-order valence-corrected chi connectivity index (χ0v) is 14.1. The van der Waals surface area contributed by atoms with Crippen LogP contribution >= 0.6 is 15.9 Å². The first-order chi connectivity index (χ1) is 9.91. The van der Waals surface area contributed by atoms with Gasteiger partial charge in [0.05, 0.1) is 4.90 Å². The summed E-state index contributed by atoms with van der Waals surface area (Å²) < 4.78 is 26.7. The minimum Gasteiger partial charge on any atom is -0.366 e. The summed E-state index contributed by atoms with van der Waals surface area (Å²) in [4.78, 5) is 4.51. The molecular weight excluding hydrogens is 354 g/mol. The van der Waals surface area contributed by atoms with Crippen LogP contribution in [-0.4, -0.2) is 31.8 Å². The van der Waals surface area contributed by atoms with Gasteiger partial charge < -0.3 is 5.32 Å². The Kier molecular flexibility index (Phi) is 4.97. The predicted octanol–water partition coefficient (Wildman–Crippen LogP) is 2.71. The molecule has 0 aliphatic rings. The fourth-order valence-corrected chi connectivity index (χ4v) is 3.11. The first-order valence-corrected chi connectivity index (χ1v) is 8.50. The van der Waals surface area contributed by atoms with Gasteiger partial charge in [0, 0.05) is 31.3 Å². The second-order valence-corrected chi connectivity index (χ2v) is 7.65. The molecule has 1 N–H and O–H groups in total. The first kappa shape index (κ1) is 15.9. The van der Waals surface area contributed by atoms with Crippen molar-refractivity contribution in [2.75, 3.05) is 19.4 Å². The van der Waals surface area contributed by atoms with Crippen molar-refractivity contribution in [1.82, 2.24) is 9.29 Å². The molecule has 0 bridgehead atoms. The number of hydrogen-bond acceptors (Lipinski definition) is 4. The number of nitrogens with zero attached hydrogens (tertiary/aromatic N) is 2. The Bertz CT molecular complexity index is 715. The number of sulfonamides is 1. The highest BCUT2D eigenvalue weighted by Crippen LogP contribution is 2.19. The van der Waals surface area contributed by atoms with Crippen LogP contribution in [-0.2, 0) is 16.6 Å². The van der Waals surface area contributed by atoms with E-state index >= 15 is 0 Å². The number of halogens is 1. The Morgan fingerprint density at radius 1 is 1.19 bits per heavy atom. The molecule has 1 heterocycles. The molecule has 21 heavy (non-hydrogen) atoms. The molecule has 2 rings (SSSR count). The van der Waals surface area contributed by atoms with E-state index in [0.29, 0.717) is 22.8 Å². The number of rotatable bonds is 5. The van der Waals surface area contributed by atoms with E-state index in [1.807, 2.05) is 18.2 Å². The maximum atomic E-state index is 12.3. The Balaban J connectivity index is 2.23. The van der Waals surface area contributed by atoms with Gasteiger partial charge in [-0.3, -0.25) is 0 Å². The fourth-order valence-electron chi connectivity index (χ4n) is 1.76. The minimum atomic E-state index is -3.45. The summed E-state index contributed by atoms with van der Waals surface area (Å²) in [6.45, 7) is 0.387. The molecule has 0 aliphatic heterocycles. The van der Waals surface area contributed by atoms with Crippen LogP contribution < -0.4 is 5.32 Å². The van der Waals surface area contributed by atoms with E-state index in [1.54, 1.807) is 24.4 Å². The van der Waals surface area contributed by atoms with E-state index in [2.05, 4.69) is 26.2 Å². The van der Waals surface area contributed by atoms with Crippen molar-refractivity contribution in [2.24, 2.45) is 0 Å². The predicted molar refractivity (Wildman–Crippen MR) is 86.6 cm³/mol. The Labute approximate surface area is 133 Å². The Morgan fingerprint density at radius 2 is 1.90 bits per heavy atom. The molecule has 0 amide bonds. The normalized spacial score (nSPS) is 11.6. The topological polar surface area (TPSA) is 62.3 Å². The van der Waals surface area contributed by atoms with Crippen LogP contribution in [0.1, 0.15) is 5.56 Å². The van der Waals surface area contributed by atoms with Gasteiger partial charge in [0.25, 0.3) is 0 Å². The van der Waals surface area contributed by atoms with Crippen LogP contribution in [0.3, 0.4) is 0 Å². The van der Waals surface area contributed by atoms with Gasteiger partial charge in [0.15, 0.2) is 0 Å². The van der Waals surface area contributed by atoms with E-state index in [9.17, 15) is 8.42 Å². The molecule has 0 atom stereocenters. The van der Waals surface area contributed by atoms with Crippen molar-refractivity contribution in [3.63, 3.8) is 0 Å². The van der Waals surface area contributed by atoms with Crippen LogP contribution in [0.4, 0.5) is 5.82 Å². The monoisotopic (exact) mass is 369 g/mol. The maximum absolute atomic E-state index is 12.3. The van der Waals surface area contributed by atoms with E-state index in [1.165, 1.54) is 18.4 Å². The number of anilines is 1. The SMILES string of the molecule is CN(C)S(=O)(=O)c1ccccc1CNc1ccc(Br)cn1. The lowest BCUT2D eigenvalue weighted by atomic mass is 10.2. The zero-order valence-electron chi connectivity index (χ0n) is 11.7. The van der Waals surface area contributed by atoms with Crippen molar-refractivity contribution in [3.05, 3.63) is 52.6 Å². The van der Waals surface area contributed by atoms with E-state index in [0.717, 1.165) is 4.47 Å². The van der Waals surface area contributed by atoms with Crippen LogP contribution in [0.5, 0.6) is 0 Å². The van der Waals surface area contributed by atoms with E-state index in [-0.39, 0.29) is 0 Å². The second kappa shape index (κ2) is 6.55. The molecule has 0 saturated carbocycles. The lowest BCUT2D eigenvalue weighted by Gasteiger charge is -2.15. The molecule has 112 valence electrons. The highest BCUT2D eigenvalue weighted by molar-refractivity contribution is 9.10. The summed E-state index contributed by atoms with van der Waals surface area (Å²) in [7, 11) is -0.406. The summed E-state index contributed by atoms with van der Waals surface area (Å²) in [6, 6.07) is 10.6. The zero-order chi connectivity index (χ0) is 15.5. The van der Waals surface area contributed by atoms with Crippen molar-refractivity contribution >= 4 is 31.8 Å². The van der Waals surface area contributed by atoms with E-state index in [4.69, 9.17) is 0 Å². The van der Waals surface area contributed by atoms with Crippen LogP contribution in [0.2, 0.25) is 0 Å². The van der Waals surface area contributed by atoms with Gasteiger partial charge in [0.2, 0.25) is 10.0 Å². The van der Waals surface area contributed by atoms with Crippen molar-refractivity contribution in [1.29, 1.82) is 0 Å². The Hall–Kier alpha value is -1.44. The molecule has 0 saturated heterocycles. The molecule has 7 heteroatoms. The van der Waals surface area contributed by atoms with Gasteiger partial charge in [-0.15, -0.1) is 0 Å². The fraction of sp³-hybridized carbons (Fsp3) is 0.214. The third-order valence-electron chi connectivity index (χ3n) is 2.92. The molecule has 0 aliphatic carbocycles. The van der Waals surface area contributed by atoms with Gasteiger partial charge in [-0.1, -0.05) is 18.2 Å². The molecule has 0 fully saturated rings. The van der Waals surface area contributed by atoms with Gasteiger partial charge >= 0.3 is 0 Å². The number of nitrogens with one attached hydrogen (secondary N) is 1. The number of benzene rings is 1. The smallest absolute Gasteiger partial charge is 0.242 e. The second-order valence-electron chi connectivity index (χ2n) is 4.61. The molecule has 0 unspecified atom stereocenters. The molecule has 1 aromatic heterocycles. The van der Waals surface area contributed by atoms with Gasteiger partial charge in [-0.05, 0) is 39.7 Å². The van der Waals surface area contributed by atoms with Crippen molar-refractivity contribution < 1.29 is 8.42 Å². The summed E-state index contributed by atoms with van der Waals surface area (Å²) >= 11 is 3.32. The van der Waals surface area contributed by atoms with Gasteiger partial charge in [-0.25, -0.2) is 17.7 Å². The number of pyridine rings is 1. The van der Waals surface area contributed by atoms with Crippen LogP contribution in [0, 0.1) is 0 Å². The average Bonchev–Trinajstić information content (AvgIpc) is 2.47. The summed E-state index contributed by atoms with van der Waals surface area (Å²) in [6.07, 6.45) is 1.69. The van der Waals surface area contributed by atoms with Crippen molar-refractivity contribution in [2.45, 2.75) is 11.4 Å². The molecule has 5 nitrogen and oxygen atoms in total. The third kappa shape index (κ3) is 3.81. The van der Waals surface area contributed by atoms with Gasteiger partial charge in [-0.2, -0.15) is 0 Å². The average molecular weight is 370 g/mol. The number of aromatic nitrogens is 1. The molecular formula is C14H16BrN3O2S. The summed E-state index contributed by atoms with van der Waals surface area (Å²) in [5, 5.41) is 3.12. The lowest BCUT2D eigenvalue weighted by Crippen LogP contribution is -2.23. The van der Waals surface area contributed by atoms with Crippen molar-refractivity contribution in [3.8, 4) is 0 Å². The van der Waals surface area contributed by atoms with E-state index < -0.39 is 10.0 Å². The van der Waals surface area contributed by atoms with Crippen LogP contribution in [0.15, 0.2) is 52.0 Å². The van der Waals surface area contributed by atoms with Crippen LogP contribution in [0.25, 0.3) is 0 Å². The lowest BCUT2D eigenvalue weighted by molar-refractivity contribution is 0.520. The summed E-state index contributed by atoms with van der Waals surface area (Å²) in [5.41, 5.74) is 0.705. The van der Waals surface area contributed by atoms with Gasteiger partial charge in [0.1, 0.15) is 5.82 Å².